The summed E-state index contributed by atoms with van der Waals surface area (Å²) in [5.41, 5.74) is -4.66. The predicted molar refractivity (Wildman–Crippen MR) is 213 cm³/mol. The molecule has 344 valence electrons. The van der Waals surface area contributed by atoms with E-state index in [1.165, 1.54) is 35.0 Å². The van der Waals surface area contributed by atoms with Crippen molar-refractivity contribution in [3.8, 4) is 0 Å². The van der Waals surface area contributed by atoms with Crippen LogP contribution in [0.1, 0.15) is 102 Å². The molecule has 6 N–H and O–H groups in total. The summed E-state index contributed by atoms with van der Waals surface area (Å²) in [7, 11) is 3.00. The maximum absolute atomic E-state index is 14.3. The average Bonchev–Trinajstić information content (AvgIpc) is 3.16. The van der Waals surface area contributed by atoms with Gasteiger partial charge in [0.25, 0.3) is 0 Å². The number of aliphatic hydroxyl groups is 5. The Morgan fingerprint density at radius 3 is 2.19 bits per heavy atom. The number of ether oxygens (including phenoxy) is 8. The summed E-state index contributed by atoms with van der Waals surface area (Å²) < 4.78 is 47.8. The minimum absolute atomic E-state index is 0.0602. The van der Waals surface area contributed by atoms with Crippen LogP contribution in [0.25, 0.3) is 0 Å². The topological polar surface area (TPSA) is 243 Å². The van der Waals surface area contributed by atoms with Gasteiger partial charge in [0.1, 0.15) is 23.9 Å². The highest BCUT2D eigenvalue weighted by atomic mass is 16.7. The summed E-state index contributed by atoms with van der Waals surface area (Å²) in [5.74, 6) is -4.74. The monoisotopic (exact) mass is 851 g/mol. The Balaban J connectivity index is 2.22. The van der Waals surface area contributed by atoms with Gasteiger partial charge < -0.3 is 73.6 Å². The number of nitrogens with zero attached hydrogens (tertiary/aromatic N) is 1. The molecule has 0 saturated carbocycles. The van der Waals surface area contributed by atoms with Gasteiger partial charge in [-0.3, -0.25) is 9.59 Å². The smallest absolute Gasteiger partial charge is 0.311 e. The van der Waals surface area contributed by atoms with Crippen molar-refractivity contribution in [1.82, 2.24) is 5.32 Å². The van der Waals surface area contributed by atoms with E-state index in [0.29, 0.717) is 13.0 Å². The highest BCUT2D eigenvalue weighted by Gasteiger charge is 2.53. The van der Waals surface area contributed by atoms with E-state index in [9.17, 15) is 35.1 Å². The SMILES string of the molecule is CC[C@H]1OC(=O)[C@H](C)[C@@H](O[C@H]2CC(C)(OC)[C@@H](O)C(C)O2)[C@H](C)[C@@H](O[C@@H]2O[C@H](C)CC(NC(C)=O)C2O)[C@](C)(O)C[C@@H](C)/C(=N\OCOCCOC)[C@H](C)[C@@H](O)[C@]1(C)O. The van der Waals surface area contributed by atoms with Gasteiger partial charge in [-0.2, -0.15) is 0 Å². The second-order valence-corrected chi connectivity index (χ2v) is 17.5. The molecule has 0 aromatic carbocycles. The van der Waals surface area contributed by atoms with Gasteiger partial charge in [-0.1, -0.05) is 32.9 Å². The second kappa shape index (κ2) is 21.8. The molecule has 0 aliphatic carbocycles. The number of esters is 1. The largest absolute Gasteiger partial charge is 0.459 e. The number of hydrogen-bond donors (Lipinski definition) is 6. The van der Waals surface area contributed by atoms with Crippen LogP contribution in [0, 0.1) is 23.7 Å². The van der Waals surface area contributed by atoms with Crippen LogP contribution in [0.5, 0.6) is 0 Å². The summed E-state index contributed by atoms with van der Waals surface area (Å²) in [5, 5.41) is 66.1. The number of carbonyl (C=O) groups excluding carboxylic acids is 2. The molecular formula is C41H74N2O16. The second-order valence-electron chi connectivity index (χ2n) is 17.5. The molecular weight excluding hydrogens is 776 g/mol. The van der Waals surface area contributed by atoms with Gasteiger partial charge in [-0.05, 0) is 60.8 Å². The standard InChI is InChI=1S/C41H74N2O16/c1-14-29-41(11,50)34(46)23(4)31(43-54-20-53-16-15-51-12)21(2)18-39(9,49)36(59-38-32(45)28(42-27(8)44)17-22(3)55-38)24(5)33(25(6)37(48)57-29)58-30-19-40(10,52-13)35(47)26(7)56-30/h21-26,28-30,32-36,38,45-47,49-50H,14-20H2,1-13H3,(H,42,44)/b43-31+/t21-,22-,23+,24+,25-,26?,28?,29-,30+,32?,33+,34-,35+,36-,38+,39-,40?,41-/m1/s1. The van der Waals surface area contributed by atoms with Gasteiger partial charge in [0.15, 0.2) is 12.6 Å². The maximum atomic E-state index is 14.3. The Labute approximate surface area is 349 Å². The Morgan fingerprint density at radius 1 is 0.932 bits per heavy atom. The highest BCUT2D eigenvalue weighted by molar-refractivity contribution is 5.88. The van der Waals surface area contributed by atoms with E-state index in [4.69, 9.17) is 42.7 Å². The molecule has 18 nitrogen and oxygen atoms in total. The molecule has 18 atom stereocenters. The molecule has 0 radical (unpaired) electrons. The van der Waals surface area contributed by atoms with E-state index in [1.54, 1.807) is 55.4 Å². The molecule has 3 fully saturated rings. The molecule has 3 aliphatic rings. The number of methoxy groups -OCH3 is 2. The van der Waals surface area contributed by atoms with Crippen molar-refractivity contribution in [2.75, 3.05) is 34.2 Å². The molecule has 0 aromatic rings. The number of amides is 1. The predicted octanol–water partition coefficient (Wildman–Crippen LogP) is 1.78. The van der Waals surface area contributed by atoms with Gasteiger partial charge in [0, 0.05) is 45.3 Å². The van der Waals surface area contributed by atoms with Crippen molar-refractivity contribution >= 4 is 17.6 Å². The lowest BCUT2D eigenvalue weighted by atomic mass is 9.73. The fourth-order valence-electron chi connectivity index (χ4n) is 8.85. The van der Waals surface area contributed by atoms with Crippen LogP contribution >= 0.6 is 0 Å². The molecule has 0 spiro atoms. The number of aliphatic hydroxyl groups excluding tert-OH is 3. The van der Waals surface area contributed by atoms with Crippen LogP contribution in [-0.2, 0) is 52.3 Å². The zero-order chi connectivity index (χ0) is 44.6. The minimum atomic E-state index is -1.99. The molecule has 4 unspecified atom stereocenters. The Hall–Kier alpha value is -2.07. The molecule has 0 aromatic heterocycles. The molecule has 3 heterocycles. The lowest BCUT2D eigenvalue weighted by molar-refractivity contribution is -0.315. The molecule has 3 rings (SSSR count). The van der Waals surface area contributed by atoms with E-state index < -0.39 is 114 Å². The molecule has 3 aliphatic heterocycles. The summed E-state index contributed by atoms with van der Waals surface area (Å²) in [4.78, 5) is 32.0. The third kappa shape index (κ3) is 12.8. The van der Waals surface area contributed by atoms with Crippen molar-refractivity contribution in [3.05, 3.63) is 0 Å². The van der Waals surface area contributed by atoms with E-state index in [0.717, 1.165) is 0 Å². The molecule has 59 heavy (non-hydrogen) atoms. The Bertz CT molecular complexity index is 1370. The first kappa shape index (κ1) is 51.3. The fraction of sp³-hybridized carbons (Fsp3) is 0.927. The van der Waals surface area contributed by atoms with Gasteiger partial charge in [0.2, 0.25) is 12.7 Å². The van der Waals surface area contributed by atoms with E-state index in [2.05, 4.69) is 10.5 Å². The highest BCUT2D eigenvalue weighted by Crippen LogP contribution is 2.41. The summed E-state index contributed by atoms with van der Waals surface area (Å²) >= 11 is 0. The zero-order valence-corrected chi connectivity index (χ0v) is 37.3. The number of hydrogen-bond acceptors (Lipinski definition) is 17. The molecule has 3 saturated heterocycles. The van der Waals surface area contributed by atoms with Gasteiger partial charge in [-0.25, -0.2) is 0 Å². The van der Waals surface area contributed by atoms with Gasteiger partial charge in [-0.15, -0.1) is 0 Å². The van der Waals surface area contributed by atoms with Crippen LogP contribution in [0.15, 0.2) is 5.16 Å². The third-order valence-corrected chi connectivity index (χ3v) is 12.4. The number of oxime groups is 1. The van der Waals surface area contributed by atoms with Crippen LogP contribution in [-0.4, -0.2) is 162 Å². The van der Waals surface area contributed by atoms with Crippen LogP contribution < -0.4 is 5.32 Å². The zero-order valence-electron chi connectivity index (χ0n) is 37.3. The number of rotatable bonds is 13. The van der Waals surface area contributed by atoms with E-state index >= 15 is 0 Å². The Kier molecular flexibility index (Phi) is 19.0. The molecule has 0 bridgehead atoms. The van der Waals surface area contributed by atoms with Gasteiger partial charge in [0.05, 0.1) is 72.6 Å². The summed E-state index contributed by atoms with van der Waals surface area (Å²) in [6.07, 6.45) is -10.7. The third-order valence-electron chi connectivity index (χ3n) is 12.4. The van der Waals surface area contributed by atoms with Crippen molar-refractivity contribution in [3.63, 3.8) is 0 Å². The van der Waals surface area contributed by atoms with E-state index in [-0.39, 0.29) is 44.3 Å². The minimum Gasteiger partial charge on any atom is -0.459 e. The van der Waals surface area contributed by atoms with Gasteiger partial charge >= 0.3 is 5.97 Å². The van der Waals surface area contributed by atoms with Crippen molar-refractivity contribution in [2.24, 2.45) is 28.8 Å². The first-order valence-corrected chi connectivity index (χ1v) is 20.8. The Morgan fingerprint density at radius 2 is 1.59 bits per heavy atom. The number of carbonyl (C=O) groups is 2. The van der Waals surface area contributed by atoms with Crippen molar-refractivity contribution in [2.45, 2.75) is 186 Å². The number of cyclic esters (lactones) is 1. The lowest BCUT2D eigenvalue weighted by Crippen LogP contribution is -2.61. The van der Waals surface area contributed by atoms with Crippen LogP contribution in [0.4, 0.5) is 0 Å². The normalized spacial score (nSPS) is 45.0. The lowest BCUT2D eigenvalue weighted by Gasteiger charge is -2.49. The first-order chi connectivity index (χ1) is 27.4. The summed E-state index contributed by atoms with van der Waals surface area (Å²) in [6, 6.07) is -0.738. The van der Waals surface area contributed by atoms with Crippen molar-refractivity contribution in [1.29, 1.82) is 0 Å². The average molecular weight is 851 g/mol. The van der Waals surface area contributed by atoms with Crippen LogP contribution in [0.3, 0.4) is 0 Å². The van der Waals surface area contributed by atoms with Crippen molar-refractivity contribution < 1.29 is 77.9 Å². The quantitative estimate of drug-likeness (QED) is 0.0670. The van der Waals surface area contributed by atoms with E-state index in [1.807, 2.05) is 0 Å². The molecule has 18 heteroatoms. The maximum Gasteiger partial charge on any atom is 0.311 e. The van der Waals surface area contributed by atoms with Crippen LogP contribution in [0.2, 0.25) is 0 Å². The first-order valence-electron chi connectivity index (χ1n) is 20.8. The summed E-state index contributed by atoms with van der Waals surface area (Å²) in [6.45, 7) is 18.2. The number of nitrogens with one attached hydrogen (secondary N) is 1. The fourth-order valence-corrected chi connectivity index (χ4v) is 8.85. The molecule has 1 amide bonds.